The molecule has 20 heavy (non-hydrogen) atoms. The number of aliphatic carboxylic acids is 1. The number of piperidine rings is 1. The van der Waals surface area contributed by atoms with E-state index in [0.717, 1.165) is 38.5 Å². The molecule has 3 rings (SSSR count). The summed E-state index contributed by atoms with van der Waals surface area (Å²) >= 11 is 0. The molecule has 2 bridgehead atoms. The van der Waals surface area contributed by atoms with Crippen LogP contribution in [0.3, 0.4) is 0 Å². The SMILES string of the molecule is CC1CCC(C(=O)N2C3CCC2CC(CC(=O)O)C3)O1. The number of carboxylic acids is 1. The zero-order valence-electron chi connectivity index (χ0n) is 12.0. The topological polar surface area (TPSA) is 66.8 Å². The molecule has 4 atom stereocenters. The second kappa shape index (κ2) is 5.35. The van der Waals surface area contributed by atoms with Crippen molar-refractivity contribution in [3.8, 4) is 0 Å². The molecule has 4 unspecified atom stereocenters. The summed E-state index contributed by atoms with van der Waals surface area (Å²) in [5.41, 5.74) is 0. The quantitative estimate of drug-likeness (QED) is 0.856. The summed E-state index contributed by atoms with van der Waals surface area (Å²) in [6.07, 6.45) is 5.69. The van der Waals surface area contributed by atoms with E-state index < -0.39 is 5.97 Å². The van der Waals surface area contributed by atoms with Gasteiger partial charge in [0.2, 0.25) is 0 Å². The highest BCUT2D eigenvalue weighted by Gasteiger charge is 2.46. The van der Waals surface area contributed by atoms with Crippen molar-refractivity contribution in [1.29, 1.82) is 0 Å². The maximum Gasteiger partial charge on any atom is 0.303 e. The van der Waals surface area contributed by atoms with Gasteiger partial charge in [-0.05, 0) is 51.4 Å². The first-order chi connectivity index (χ1) is 9.54. The van der Waals surface area contributed by atoms with Gasteiger partial charge >= 0.3 is 5.97 Å². The molecule has 3 heterocycles. The third kappa shape index (κ3) is 2.55. The van der Waals surface area contributed by atoms with Gasteiger partial charge < -0.3 is 14.7 Å². The third-order valence-corrected chi connectivity index (χ3v) is 5.06. The first-order valence-corrected chi connectivity index (χ1v) is 7.74. The van der Waals surface area contributed by atoms with Crippen LogP contribution < -0.4 is 0 Å². The van der Waals surface area contributed by atoms with Gasteiger partial charge in [-0.15, -0.1) is 0 Å². The van der Waals surface area contributed by atoms with Crippen LogP contribution in [-0.2, 0) is 14.3 Å². The van der Waals surface area contributed by atoms with Gasteiger partial charge in [0.1, 0.15) is 6.10 Å². The number of carboxylic acid groups (broad SMARTS) is 1. The summed E-state index contributed by atoms with van der Waals surface area (Å²) in [7, 11) is 0. The fraction of sp³-hybridized carbons (Fsp3) is 0.867. The van der Waals surface area contributed by atoms with E-state index in [4.69, 9.17) is 9.84 Å². The predicted octanol–water partition coefficient (Wildman–Crippen LogP) is 1.80. The number of ether oxygens (including phenoxy) is 1. The molecule has 5 nitrogen and oxygen atoms in total. The summed E-state index contributed by atoms with van der Waals surface area (Å²) in [6.45, 7) is 2.01. The molecule has 3 saturated heterocycles. The smallest absolute Gasteiger partial charge is 0.303 e. The molecule has 0 spiro atoms. The fourth-order valence-electron chi connectivity index (χ4n) is 4.21. The molecule has 3 aliphatic heterocycles. The highest BCUT2D eigenvalue weighted by molar-refractivity contribution is 5.82. The lowest BCUT2D eigenvalue weighted by molar-refractivity contribution is -0.148. The summed E-state index contributed by atoms with van der Waals surface area (Å²) in [6, 6.07) is 0.482. The maximum atomic E-state index is 12.6. The zero-order valence-corrected chi connectivity index (χ0v) is 12.0. The molecular weight excluding hydrogens is 258 g/mol. The van der Waals surface area contributed by atoms with Crippen molar-refractivity contribution in [3.63, 3.8) is 0 Å². The second-order valence-corrected chi connectivity index (χ2v) is 6.58. The molecule has 0 aromatic carbocycles. The van der Waals surface area contributed by atoms with E-state index in [1.807, 2.05) is 11.8 Å². The Labute approximate surface area is 119 Å². The van der Waals surface area contributed by atoms with Crippen LogP contribution in [0, 0.1) is 5.92 Å². The second-order valence-electron chi connectivity index (χ2n) is 6.58. The largest absolute Gasteiger partial charge is 0.481 e. The van der Waals surface area contributed by atoms with Gasteiger partial charge in [0.05, 0.1) is 6.10 Å². The van der Waals surface area contributed by atoms with Crippen molar-refractivity contribution in [1.82, 2.24) is 4.90 Å². The highest BCUT2D eigenvalue weighted by Crippen LogP contribution is 2.41. The van der Waals surface area contributed by atoms with Crippen LogP contribution in [0.2, 0.25) is 0 Å². The van der Waals surface area contributed by atoms with Crippen molar-refractivity contribution in [2.75, 3.05) is 0 Å². The van der Waals surface area contributed by atoms with Gasteiger partial charge in [-0.3, -0.25) is 9.59 Å². The average Bonchev–Trinajstić information content (AvgIpc) is 2.91. The minimum absolute atomic E-state index is 0.149. The van der Waals surface area contributed by atoms with Crippen LogP contribution >= 0.6 is 0 Å². The van der Waals surface area contributed by atoms with Gasteiger partial charge in [-0.1, -0.05) is 0 Å². The first-order valence-electron chi connectivity index (χ1n) is 7.74. The number of carbonyl (C=O) groups is 2. The number of nitrogens with zero attached hydrogens (tertiary/aromatic N) is 1. The Bertz CT molecular complexity index is 397. The minimum Gasteiger partial charge on any atom is -0.481 e. The molecule has 3 aliphatic rings. The van der Waals surface area contributed by atoms with Crippen LogP contribution in [0.4, 0.5) is 0 Å². The molecule has 1 amide bonds. The van der Waals surface area contributed by atoms with E-state index >= 15 is 0 Å². The Morgan fingerprint density at radius 2 is 1.80 bits per heavy atom. The lowest BCUT2D eigenvalue weighted by Gasteiger charge is -2.39. The Hall–Kier alpha value is -1.10. The number of rotatable bonds is 3. The van der Waals surface area contributed by atoms with Crippen LogP contribution in [0.25, 0.3) is 0 Å². The molecule has 112 valence electrons. The Balaban J connectivity index is 1.64. The summed E-state index contributed by atoms with van der Waals surface area (Å²) < 4.78 is 5.71. The molecule has 0 radical (unpaired) electrons. The van der Waals surface area contributed by atoms with Crippen LogP contribution in [0.15, 0.2) is 0 Å². The van der Waals surface area contributed by atoms with E-state index in [9.17, 15) is 9.59 Å². The van der Waals surface area contributed by atoms with Crippen LogP contribution in [0.1, 0.15) is 51.9 Å². The number of hydrogen-bond acceptors (Lipinski definition) is 3. The van der Waals surface area contributed by atoms with E-state index in [1.54, 1.807) is 0 Å². The zero-order chi connectivity index (χ0) is 14.3. The normalized spacial score (nSPS) is 40.0. The first kappa shape index (κ1) is 13.9. The molecule has 0 aromatic rings. The van der Waals surface area contributed by atoms with Gasteiger partial charge in [0.25, 0.3) is 5.91 Å². The molecule has 3 fully saturated rings. The monoisotopic (exact) mass is 281 g/mol. The molecule has 1 N–H and O–H groups in total. The van der Waals surface area contributed by atoms with Crippen LogP contribution in [0.5, 0.6) is 0 Å². The van der Waals surface area contributed by atoms with Crippen molar-refractivity contribution < 1.29 is 19.4 Å². The Morgan fingerprint density at radius 3 is 2.30 bits per heavy atom. The van der Waals surface area contributed by atoms with E-state index in [1.165, 1.54) is 0 Å². The number of carbonyl (C=O) groups excluding carboxylic acids is 1. The highest BCUT2D eigenvalue weighted by atomic mass is 16.5. The van der Waals surface area contributed by atoms with E-state index in [-0.39, 0.29) is 42.5 Å². The number of fused-ring (bicyclic) bond motifs is 2. The summed E-state index contributed by atoms with van der Waals surface area (Å²) in [4.78, 5) is 25.5. The van der Waals surface area contributed by atoms with Crippen LogP contribution in [-0.4, -0.2) is 46.2 Å². The number of amides is 1. The number of hydrogen-bond donors (Lipinski definition) is 1. The van der Waals surface area contributed by atoms with Crippen molar-refractivity contribution in [2.24, 2.45) is 5.92 Å². The molecule has 0 aromatic heterocycles. The van der Waals surface area contributed by atoms with Gasteiger partial charge in [0, 0.05) is 18.5 Å². The summed E-state index contributed by atoms with van der Waals surface area (Å²) in [5, 5.41) is 8.93. The van der Waals surface area contributed by atoms with Crippen molar-refractivity contribution >= 4 is 11.9 Å². The summed E-state index contributed by atoms with van der Waals surface area (Å²) in [5.74, 6) is -0.338. The van der Waals surface area contributed by atoms with Crippen molar-refractivity contribution in [2.45, 2.75) is 76.2 Å². The molecular formula is C15H23NO4. The minimum atomic E-state index is -0.720. The standard InChI is InChI=1S/C15H23NO4/c1-9-2-5-13(20-9)15(19)16-11-3-4-12(16)7-10(6-11)8-14(17)18/h9-13H,2-8H2,1H3,(H,17,18). The average molecular weight is 281 g/mol. The van der Waals surface area contributed by atoms with Gasteiger partial charge in [0.15, 0.2) is 0 Å². The van der Waals surface area contributed by atoms with Gasteiger partial charge in [-0.25, -0.2) is 0 Å². The Morgan fingerprint density at radius 1 is 1.15 bits per heavy atom. The van der Waals surface area contributed by atoms with E-state index in [0.29, 0.717) is 0 Å². The predicted molar refractivity (Wildman–Crippen MR) is 72.2 cm³/mol. The molecule has 5 heteroatoms. The van der Waals surface area contributed by atoms with E-state index in [2.05, 4.69) is 0 Å². The molecule has 0 saturated carbocycles. The lowest BCUT2D eigenvalue weighted by Crippen LogP contribution is -2.50. The fourth-order valence-corrected chi connectivity index (χ4v) is 4.21. The lowest BCUT2D eigenvalue weighted by atomic mass is 9.88. The van der Waals surface area contributed by atoms with Crippen molar-refractivity contribution in [3.05, 3.63) is 0 Å². The molecule has 0 aliphatic carbocycles. The Kier molecular flexibility index (Phi) is 3.71. The van der Waals surface area contributed by atoms with Gasteiger partial charge in [-0.2, -0.15) is 0 Å². The third-order valence-electron chi connectivity index (χ3n) is 5.06. The maximum absolute atomic E-state index is 12.6.